The SMILES string of the molecule is c1ccc(C2(c3ccccc3)c3ccccc3-c3c(-c4ccc5c6ccccc6n(-c6cccc7c8ccccc8n(-c8ccc([Si](c9ccccc9)(c9ccccc9)c9ccccc9)cc8)c67)c5c4)cccc32)cc1. The van der Waals surface area contributed by atoms with E-state index in [9.17, 15) is 0 Å². The van der Waals surface area contributed by atoms with Crippen molar-refractivity contribution in [2.75, 3.05) is 0 Å². The van der Waals surface area contributed by atoms with Crippen molar-refractivity contribution >= 4 is 72.4 Å². The molecule has 0 N–H and O–H groups in total. The Morgan fingerprint density at radius 2 is 0.737 bits per heavy atom. The molecule has 76 heavy (non-hydrogen) atoms. The van der Waals surface area contributed by atoms with Gasteiger partial charge in [-0.1, -0.05) is 267 Å². The zero-order valence-electron chi connectivity index (χ0n) is 41.8. The molecule has 15 rings (SSSR count). The van der Waals surface area contributed by atoms with E-state index in [1.54, 1.807) is 0 Å². The fourth-order valence-electron chi connectivity index (χ4n) is 13.5. The Morgan fingerprint density at radius 3 is 1.36 bits per heavy atom. The lowest BCUT2D eigenvalue weighted by Gasteiger charge is -2.34. The van der Waals surface area contributed by atoms with Gasteiger partial charge < -0.3 is 9.13 Å². The molecule has 0 fully saturated rings. The summed E-state index contributed by atoms with van der Waals surface area (Å²) < 4.78 is 5.05. The van der Waals surface area contributed by atoms with Gasteiger partial charge in [-0.3, -0.25) is 0 Å². The average Bonchev–Trinajstić information content (AvgIpc) is 4.18. The molecule has 0 spiro atoms. The molecule has 0 unspecified atom stereocenters. The maximum absolute atomic E-state index is 2.75. The van der Waals surface area contributed by atoms with Crippen LogP contribution >= 0.6 is 0 Å². The molecule has 0 saturated carbocycles. The largest absolute Gasteiger partial charge is 0.307 e. The molecule has 14 aromatic rings. The number of fused-ring (bicyclic) bond motifs is 9. The highest BCUT2D eigenvalue weighted by atomic mass is 28.3. The summed E-state index contributed by atoms with van der Waals surface area (Å²) in [5.41, 5.74) is 16.6. The highest BCUT2D eigenvalue weighted by Crippen LogP contribution is 2.58. The molecule has 2 aromatic heterocycles. The highest BCUT2D eigenvalue weighted by Gasteiger charge is 2.47. The molecule has 3 heteroatoms. The molecule has 0 saturated heterocycles. The lowest BCUT2D eigenvalue weighted by atomic mass is 9.67. The molecule has 0 atom stereocenters. The lowest BCUT2D eigenvalue weighted by molar-refractivity contribution is 0.768. The predicted octanol–water partition coefficient (Wildman–Crippen LogP) is 15.3. The van der Waals surface area contributed by atoms with Crippen molar-refractivity contribution in [2.24, 2.45) is 0 Å². The van der Waals surface area contributed by atoms with Gasteiger partial charge in [0.05, 0.1) is 33.2 Å². The van der Waals surface area contributed by atoms with Gasteiger partial charge in [0.1, 0.15) is 0 Å². The van der Waals surface area contributed by atoms with Crippen LogP contribution in [0.1, 0.15) is 22.3 Å². The number of hydrogen-bond donors (Lipinski definition) is 0. The van der Waals surface area contributed by atoms with E-state index >= 15 is 0 Å². The van der Waals surface area contributed by atoms with Crippen molar-refractivity contribution in [3.63, 3.8) is 0 Å². The summed E-state index contributed by atoms with van der Waals surface area (Å²) in [6, 6.07) is 113. The predicted molar refractivity (Wildman–Crippen MR) is 321 cm³/mol. The summed E-state index contributed by atoms with van der Waals surface area (Å²) in [6.45, 7) is 0. The zero-order chi connectivity index (χ0) is 50.2. The van der Waals surface area contributed by atoms with Crippen LogP contribution in [-0.4, -0.2) is 17.2 Å². The molecular formula is C73H50N2Si. The standard InChI is InChI=1S/C73H50N2Si/c1-6-24-52(25-7-1)73(53-26-8-2-9-27-53)65-39-19-16-36-64(65)71-59(37-22-40-66(71)73)51-44-49-62-60-34-17-21-42-68(60)75(70(62)50-51)69-43-23-38-63-61-35-18-20-41-67(61)74(72(63)69)54-45-47-58(48-46-54)76(55-28-10-3-11-29-55,56-30-12-4-13-31-56)57-32-14-5-15-33-57/h1-50H. The molecule has 0 amide bonds. The smallest absolute Gasteiger partial charge is 0.179 e. The van der Waals surface area contributed by atoms with Crippen molar-refractivity contribution in [3.8, 4) is 33.6 Å². The van der Waals surface area contributed by atoms with Gasteiger partial charge in [-0.25, -0.2) is 0 Å². The first kappa shape index (κ1) is 44.0. The van der Waals surface area contributed by atoms with Crippen LogP contribution in [-0.2, 0) is 5.41 Å². The van der Waals surface area contributed by atoms with Gasteiger partial charge in [0.2, 0.25) is 0 Å². The maximum atomic E-state index is 2.54. The maximum Gasteiger partial charge on any atom is 0.179 e. The molecule has 0 aliphatic heterocycles. The van der Waals surface area contributed by atoms with Crippen molar-refractivity contribution in [3.05, 3.63) is 326 Å². The topological polar surface area (TPSA) is 9.86 Å². The third-order valence-electron chi connectivity index (χ3n) is 16.6. The van der Waals surface area contributed by atoms with E-state index in [0.717, 1.165) is 11.4 Å². The molecule has 356 valence electrons. The molecule has 1 aliphatic rings. The van der Waals surface area contributed by atoms with E-state index in [4.69, 9.17) is 0 Å². The molecule has 2 heterocycles. The van der Waals surface area contributed by atoms with E-state index in [1.807, 2.05) is 0 Å². The monoisotopic (exact) mass is 982 g/mol. The Bertz CT molecular complexity index is 4350. The van der Waals surface area contributed by atoms with Crippen LogP contribution in [0.15, 0.2) is 303 Å². The number of benzene rings is 12. The number of nitrogens with zero attached hydrogens (tertiary/aromatic N) is 2. The third kappa shape index (κ3) is 6.33. The third-order valence-corrected chi connectivity index (χ3v) is 21.4. The Labute approximate surface area is 443 Å². The van der Waals surface area contributed by atoms with Crippen LogP contribution in [0.5, 0.6) is 0 Å². The minimum atomic E-state index is -2.75. The molecule has 2 nitrogen and oxygen atoms in total. The Morgan fingerprint density at radius 1 is 0.289 bits per heavy atom. The fraction of sp³-hybridized carbons (Fsp3) is 0.0137. The summed E-state index contributed by atoms with van der Waals surface area (Å²) in [5.74, 6) is 0. The van der Waals surface area contributed by atoms with E-state index in [0.29, 0.717) is 0 Å². The van der Waals surface area contributed by atoms with Crippen molar-refractivity contribution in [1.29, 1.82) is 0 Å². The second-order valence-corrected chi connectivity index (χ2v) is 24.1. The molecule has 0 bridgehead atoms. The fourth-order valence-corrected chi connectivity index (χ4v) is 18.2. The van der Waals surface area contributed by atoms with Crippen molar-refractivity contribution in [2.45, 2.75) is 5.41 Å². The quantitative estimate of drug-likeness (QED) is 0.101. The lowest BCUT2D eigenvalue weighted by Crippen LogP contribution is -2.74. The van der Waals surface area contributed by atoms with Crippen LogP contribution in [0.3, 0.4) is 0 Å². The summed E-state index contributed by atoms with van der Waals surface area (Å²) in [7, 11) is -2.75. The minimum Gasteiger partial charge on any atom is -0.307 e. The van der Waals surface area contributed by atoms with Crippen molar-refractivity contribution in [1.82, 2.24) is 9.13 Å². The van der Waals surface area contributed by atoms with Gasteiger partial charge in [-0.2, -0.15) is 0 Å². The van der Waals surface area contributed by atoms with Crippen LogP contribution in [0.25, 0.3) is 77.2 Å². The second kappa shape index (κ2) is 17.6. The second-order valence-electron chi connectivity index (χ2n) is 20.3. The first-order valence-corrected chi connectivity index (χ1v) is 28.4. The van der Waals surface area contributed by atoms with Crippen molar-refractivity contribution < 1.29 is 0 Å². The van der Waals surface area contributed by atoms with Gasteiger partial charge >= 0.3 is 0 Å². The molecule has 0 radical (unpaired) electrons. The van der Waals surface area contributed by atoms with Gasteiger partial charge in [0.25, 0.3) is 0 Å². The van der Waals surface area contributed by atoms with E-state index in [2.05, 4.69) is 312 Å². The van der Waals surface area contributed by atoms with E-state index in [1.165, 1.54) is 109 Å². The first-order valence-electron chi connectivity index (χ1n) is 26.4. The van der Waals surface area contributed by atoms with E-state index < -0.39 is 13.5 Å². The number of rotatable bonds is 9. The van der Waals surface area contributed by atoms with Crippen LogP contribution in [0.2, 0.25) is 0 Å². The van der Waals surface area contributed by atoms with Crippen LogP contribution in [0, 0.1) is 0 Å². The normalized spacial score (nSPS) is 12.8. The summed E-state index contributed by atoms with van der Waals surface area (Å²) in [6.07, 6.45) is 0. The van der Waals surface area contributed by atoms with Gasteiger partial charge in [-0.05, 0) is 102 Å². The summed E-state index contributed by atoms with van der Waals surface area (Å²) >= 11 is 0. The number of para-hydroxylation sites is 3. The number of aromatic nitrogens is 2. The van der Waals surface area contributed by atoms with Gasteiger partial charge in [0, 0.05) is 27.2 Å². The molecule has 1 aliphatic carbocycles. The Kier molecular flexibility index (Phi) is 10.2. The summed E-state index contributed by atoms with van der Waals surface area (Å²) in [4.78, 5) is 0. The highest BCUT2D eigenvalue weighted by molar-refractivity contribution is 7.19. The molecular weight excluding hydrogens is 933 g/mol. The average molecular weight is 983 g/mol. The van der Waals surface area contributed by atoms with Crippen LogP contribution < -0.4 is 20.7 Å². The number of hydrogen-bond acceptors (Lipinski definition) is 0. The molecule has 12 aromatic carbocycles. The Balaban J connectivity index is 0.961. The van der Waals surface area contributed by atoms with Gasteiger partial charge in [0.15, 0.2) is 8.07 Å². The minimum absolute atomic E-state index is 0.487. The van der Waals surface area contributed by atoms with Gasteiger partial charge in [-0.15, -0.1) is 0 Å². The Hall–Kier alpha value is -9.54. The van der Waals surface area contributed by atoms with E-state index in [-0.39, 0.29) is 0 Å². The first-order chi connectivity index (χ1) is 37.7. The zero-order valence-corrected chi connectivity index (χ0v) is 42.8. The van der Waals surface area contributed by atoms with Crippen LogP contribution in [0.4, 0.5) is 0 Å². The summed E-state index contributed by atoms with van der Waals surface area (Å²) in [5, 5.41) is 10.3.